The second-order valence-electron chi connectivity index (χ2n) is 10.8. The van der Waals surface area contributed by atoms with Gasteiger partial charge in [0, 0.05) is 57.5 Å². The number of phenolic OH excluding ortho intramolecular Hbond substituents is 1. The largest absolute Gasteiger partial charge is 0.508 e. The summed E-state index contributed by atoms with van der Waals surface area (Å²) in [5, 5.41) is 47.1. The van der Waals surface area contributed by atoms with Gasteiger partial charge in [0.25, 0.3) is 5.91 Å². The van der Waals surface area contributed by atoms with Crippen molar-refractivity contribution in [2.45, 2.75) is 31.0 Å². The molecule has 12 heteroatoms. The number of nitrogens with one attached hydrogen (secondary N) is 1. The number of Topliss-reactive ketones (excluding diaryl/α,β-unsaturated/α-hetero) is 2. The highest BCUT2D eigenvalue weighted by molar-refractivity contribution is 6.24. The summed E-state index contributed by atoms with van der Waals surface area (Å²) in [6.07, 6.45) is 0.278. The van der Waals surface area contributed by atoms with Gasteiger partial charge in [-0.25, -0.2) is 0 Å². The van der Waals surface area contributed by atoms with E-state index in [2.05, 4.69) is 5.43 Å². The first-order chi connectivity index (χ1) is 17.6. The molecule has 0 aromatic heterocycles. The van der Waals surface area contributed by atoms with Crippen LogP contribution in [0.25, 0.3) is 5.76 Å². The van der Waals surface area contributed by atoms with Crippen molar-refractivity contribution in [3.8, 4) is 5.75 Å². The van der Waals surface area contributed by atoms with Crippen molar-refractivity contribution in [2.24, 2.45) is 17.6 Å². The molecule has 0 unspecified atom stereocenters. The third kappa shape index (κ3) is 3.87. The number of carbonyl (C=O) groups is 3. The van der Waals surface area contributed by atoms with Crippen LogP contribution in [0.15, 0.2) is 23.0 Å². The lowest BCUT2D eigenvalue weighted by Gasteiger charge is -2.50. The number of aliphatic hydroxyl groups is 3. The number of hydrogen-bond acceptors (Lipinski definition) is 11. The molecule has 0 aliphatic heterocycles. The highest BCUT2D eigenvalue weighted by Gasteiger charge is 2.64. The van der Waals surface area contributed by atoms with E-state index in [0.29, 0.717) is 11.1 Å². The molecule has 1 aromatic rings. The number of carbonyl (C=O) groups excluding carboxylic acids is 3. The molecule has 7 N–H and O–H groups in total. The van der Waals surface area contributed by atoms with E-state index in [9.17, 15) is 34.8 Å². The van der Waals surface area contributed by atoms with Crippen molar-refractivity contribution >= 4 is 28.9 Å². The SMILES string of the molecule is CN(C)NCc1cc(N(C)C)c2c(c1O)C(O)=C1C(=O)[C@]3(O)C(O)=C(C(N)=O)C(=O)[C@@H](N(C)C)[C@@H]3C[C@@H]1C2. The van der Waals surface area contributed by atoms with Gasteiger partial charge in [0.05, 0.1) is 11.6 Å². The molecule has 0 bridgehead atoms. The quantitative estimate of drug-likeness (QED) is 0.208. The second-order valence-corrected chi connectivity index (χ2v) is 10.8. The summed E-state index contributed by atoms with van der Waals surface area (Å²) in [6.45, 7) is 0.233. The van der Waals surface area contributed by atoms with Crippen molar-refractivity contribution in [1.82, 2.24) is 15.3 Å². The topological polar surface area (TPSA) is 180 Å². The van der Waals surface area contributed by atoms with Crippen LogP contribution < -0.4 is 16.1 Å². The van der Waals surface area contributed by atoms with E-state index < -0.39 is 58.0 Å². The maximum atomic E-state index is 14.0. The van der Waals surface area contributed by atoms with Gasteiger partial charge in [0.2, 0.25) is 5.78 Å². The van der Waals surface area contributed by atoms with Crippen molar-refractivity contribution in [2.75, 3.05) is 47.2 Å². The van der Waals surface area contributed by atoms with Gasteiger partial charge in [-0.3, -0.25) is 29.7 Å². The maximum absolute atomic E-state index is 14.0. The van der Waals surface area contributed by atoms with E-state index in [1.807, 2.05) is 25.1 Å². The Morgan fingerprint density at radius 2 is 1.76 bits per heavy atom. The van der Waals surface area contributed by atoms with Crippen LogP contribution >= 0.6 is 0 Å². The summed E-state index contributed by atoms with van der Waals surface area (Å²) in [6, 6.07) is 0.693. The number of ketones is 2. The Bertz CT molecular complexity index is 1300. The lowest BCUT2D eigenvalue weighted by Crippen LogP contribution is -2.65. The van der Waals surface area contributed by atoms with Crippen LogP contribution in [0.2, 0.25) is 0 Å². The van der Waals surface area contributed by atoms with Gasteiger partial charge in [0.1, 0.15) is 22.8 Å². The average Bonchev–Trinajstić information content (AvgIpc) is 2.80. The van der Waals surface area contributed by atoms with Gasteiger partial charge in [-0.2, -0.15) is 0 Å². The van der Waals surface area contributed by atoms with Crippen LogP contribution in [0.5, 0.6) is 5.75 Å². The number of likely N-dealkylation sites (N-methyl/N-ethyl adjacent to an activating group) is 1. The number of hydrogen-bond donors (Lipinski definition) is 6. The molecule has 1 fully saturated rings. The predicted molar refractivity (Wildman–Crippen MR) is 139 cm³/mol. The summed E-state index contributed by atoms with van der Waals surface area (Å²) < 4.78 is 0. The van der Waals surface area contributed by atoms with E-state index in [1.54, 1.807) is 33.2 Å². The van der Waals surface area contributed by atoms with Gasteiger partial charge in [-0.15, -0.1) is 0 Å². The fraction of sp³-hybridized carbons (Fsp3) is 0.500. The molecule has 12 nitrogen and oxygen atoms in total. The molecule has 38 heavy (non-hydrogen) atoms. The number of nitrogens with two attached hydrogens (primary N) is 1. The number of rotatable bonds is 6. The monoisotopic (exact) mass is 529 g/mol. The van der Waals surface area contributed by atoms with Crippen LogP contribution in [-0.2, 0) is 27.3 Å². The van der Waals surface area contributed by atoms with Crippen LogP contribution in [0, 0.1) is 11.8 Å². The Morgan fingerprint density at radius 1 is 1.13 bits per heavy atom. The zero-order valence-corrected chi connectivity index (χ0v) is 22.4. The summed E-state index contributed by atoms with van der Waals surface area (Å²) in [4.78, 5) is 42.6. The first kappa shape index (κ1) is 27.6. The molecule has 0 heterocycles. The number of hydrazine groups is 1. The predicted octanol–water partition coefficient (Wildman–Crippen LogP) is -0.404. The molecule has 4 rings (SSSR count). The molecule has 0 spiro atoms. The van der Waals surface area contributed by atoms with Gasteiger partial charge in [0.15, 0.2) is 11.4 Å². The number of aliphatic hydroxyl groups excluding tert-OH is 2. The Morgan fingerprint density at radius 3 is 2.29 bits per heavy atom. The molecule has 4 atom stereocenters. The maximum Gasteiger partial charge on any atom is 0.255 e. The summed E-state index contributed by atoms with van der Waals surface area (Å²) in [5.41, 5.74) is 6.67. The third-order valence-electron chi connectivity index (χ3n) is 7.84. The van der Waals surface area contributed by atoms with Gasteiger partial charge < -0.3 is 31.1 Å². The number of aromatic hydroxyl groups is 1. The molecule has 0 radical (unpaired) electrons. The smallest absolute Gasteiger partial charge is 0.255 e. The summed E-state index contributed by atoms with van der Waals surface area (Å²) in [7, 11) is 10.4. The van der Waals surface area contributed by atoms with Crippen molar-refractivity contribution in [3.05, 3.63) is 39.7 Å². The first-order valence-electron chi connectivity index (χ1n) is 12.2. The van der Waals surface area contributed by atoms with Crippen molar-refractivity contribution < 1.29 is 34.8 Å². The standard InChI is InChI=1S/C26H35N5O7/c1-29(2)15-9-12(10-28-31(5)6)20(32)17-13(15)7-11-8-14-19(30(3)4)22(34)18(25(27)37)24(36)26(14,38)23(35)16(11)21(17)33/h9,11,14,19,28,32-33,36,38H,7-8,10H2,1-6H3,(H2,27,37)/t11-,14-,19-,26-/m0/s1. The van der Waals surface area contributed by atoms with E-state index in [-0.39, 0.29) is 36.3 Å². The molecule has 1 aromatic carbocycles. The Balaban J connectivity index is 1.97. The number of fused-ring (bicyclic) bond motifs is 3. The third-order valence-corrected chi connectivity index (χ3v) is 7.84. The number of amides is 1. The van der Waals surface area contributed by atoms with Crippen molar-refractivity contribution in [1.29, 1.82) is 0 Å². The molecule has 3 aliphatic carbocycles. The highest BCUT2D eigenvalue weighted by atomic mass is 16.3. The number of anilines is 1. The van der Waals surface area contributed by atoms with Crippen LogP contribution in [0.4, 0.5) is 5.69 Å². The van der Waals surface area contributed by atoms with E-state index in [1.165, 1.54) is 4.90 Å². The van der Waals surface area contributed by atoms with E-state index in [4.69, 9.17) is 5.73 Å². The van der Waals surface area contributed by atoms with Gasteiger partial charge >= 0.3 is 0 Å². The Labute approximate surface area is 220 Å². The minimum Gasteiger partial charge on any atom is -0.508 e. The lowest BCUT2D eigenvalue weighted by atomic mass is 9.57. The second kappa shape index (κ2) is 9.38. The fourth-order valence-corrected chi connectivity index (χ4v) is 6.12. The van der Waals surface area contributed by atoms with Crippen LogP contribution in [0.1, 0.15) is 23.1 Å². The number of benzene rings is 1. The molecule has 0 saturated heterocycles. The minimum atomic E-state index is -2.66. The normalized spacial score (nSPS) is 27.0. The molecule has 206 valence electrons. The van der Waals surface area contributed by atoms with Crippen molar-refractivity contribution in [3.63, 3.8) is 0 Å². The molecular formula is C26H35N5O7. The lowest BCUT2D eigenvalue weighted by molar-refractivity contribution is -0.153. The van der Waals surface area contributed by atoms with E-state index in [0.717, 1.165) is 5.69 Å². The minimum absolute atomic E-state index is 0.0450. The highest BCUT2D eigenvalue weighted by Crippen LogP contribution is 2.54. The van der Waals surface area contributed by atoms with Gasteiger partial charge in [-0.05, 0) is 44.5 Å². The molecule has 1 saturated carbocycles. The average molecular weight is 530 g/mol. The Kier molecular flexibility index (Phi) is 6.81. The molecular weight excluding hydrogens is 494 g/mol. The zero-order chi connectivity index (χ0) is 28.4. The Hall–Kier alpha value is -3.45. The van der Waals surface area contributed by atoms with Crippen LogP contribution in [0.3, 0.4) is 0 Å². The zero-order valence-electron chi connectivity index (χ0n) is 22.4. The molecule has 1 amide bonds. The summed E-state index contributed by atoms with van der Waals surface area (Å²) >= 11 is 0. The summed E-state index contributed by atoms with van der Waals surface area (Å²) in [5.74, 6) is -6.62. The number of primary amides is 1. The van der Waals surface area contributed by atoms with E-state index >= 15 is 0 Å². The molecule has 3 aliphatic rings. The number of nitrogens with zero attached hydrogens (tertiary/aromatic N) is 3. The number of phenols is 1. The van der Waals surface area contributed by atoms with Gasteiger partial charge in [-0.1, -0.05) is 0 Å². The first-order valence-corrected chi connectivity index (χ1v) is 12.2. The fourth-order valence-electron chi connectivity index (χ4n) is 6.12. The van der Waals surface area contributed by atoms with Crippen LogP contribution in [-0.4, -0.2) is 102 Å².